The Morgan fingerprint density at radius 3 is 2.66 bits per heavy atom. The summed E-state index contributed by atoms with van der Waals surface area (Å²) in [7, 11) is 1.88. The third-order valence-electron chi connectivity index (χ3n) is 6.14. The molecule has 0 unspecified atom stereocenters. The Morgan fingerprint density at radius 2 is 1.91 bits per heavy atom. The lowest BCUT2D eigenvalue weighted by molar-refractivity contribution is -0.0527. The number of benzene rings is 2. The number of amides is 1. The van der Waals surface area contributed by atoms with Gasteiger partial charge in [-0.15, -0.1) is 0 Å². The van der Waals surface area contributed by atoms with Crippen LogP contribution >= 0.6 is 0 Å². The van der Waals surface area contributed by atoms with Gasteiger partial charge in [0.1, 0.15) is 11.4 Å². The molecule has 3 aromatic rings. The SMILES string of the molecule is Cn1ncc2c1-c1ccccc1OC21CCN(C(=O)c2cccc(F)c2OC(F)F)CC1. The van der Waals surface area contributed by atoms with Crippen LogP contribution in [0.4, 0.5) is 13.2 Å². The van der Waals surface area contributed by atoms with Crippen LogP contribution < -0.4 is 9.47 Å². The Hall–Kier alpha value is -3.49. The van der Waals surface area contributed by atoms with Gasteiger partial charge >= 0.3 is 6.61 Å². The molecule has 2 aromatic carbocycles. The van der Waals surface area contributed by atoms with Crippen molar-refractivity contribution in [1.29, 1.82) is 0 Å². The number of hydrogen-bond acceptors (Lipinski definition) is 4. The van der Waals surface area contributed by atoms with Crippen LogP contribution in [0.3, 0.4) is 0 Å². The van der Waals surface area contributed by atoms with Crippen molar-refractivity contribution in [2.24, 2.45) is 7.05 Å². The molecule has 5 rings (SSSR count). The molecule has 1 saturated heterocycles. The minimum absolute atomic E-state index is 0.224. The maximum Gasteiger partial charge on any atom is 0.387 e. The number of likely N-dealkylation sites (tertiary alicyclic amines) is 1. The Morgan fingerprint density at radius 1 is 1.16 bits per heavy atom. The molecule has 2 aliphatic heterocycles. The Balaban J connectivity index is 1.42. The van der Waals surface area contributed by atoms with Crippen LogP contribution in [0.15, 0.2) is 48.7 Å². The first-order valence-electron chi connectivity index (χ1n) is 10.2. The van der Waals surface area contributed by atoms with Crippen LogP contribution in [-0.4, -0.2) is 40.3 Å². The molecule has 6 nitrogen and oxygen atoms in total. The largest absolute Gasteiger partial charge is 0.482 e. The molecule has 32 heavy (non-hydrogen) atoms. The number of carbonyl (C=O) groups excluding carboxylic acids is 1. The van der Waals surface area contributed by atoms with Crippen LogP contribution in [0.2, 0.25) is 0 Å². The molecule has 1 aromatic heterocycles. The molecule has 3 heterocycles. The van der Waals surface area contributed by atoms with Gasteiger partial charge in [-0.2, -0.15) is 13.9 Å². The van der Waals surface area contributed by atoms with Gasteiger partial charge in [0.15, 0.2) is 11.6 Å². The van der Waals surface area contributed by atoms with Crippen molar-refractivity contribution in [3.8, 4) is 22.8 Å². The summed E-state index contributed by atoms with van der Waals surface area (Å²) in [6.45, 7) is -2.62. The number of para-hydroxylation sites is 2. The van der Waals surface area contributed by atoms with Crippen molar-refractivity contribution in [3.63, 3.8) is 0 Å². The van der Waals surface area contributed by atoms with Crippen molar-refractivity contribution in [1.82, 2.24) is 14.7 Å². The molecule has 0 aliphatic carbocycles. The highest BCUT2D eigenvalue weighted by atomic mass is 19.3. The normalized spacial score (nSPS) is 16.5. The highest BCUT2D eigenvalue weighted by molar-refractivity contribution is 5.97. The van der Waals surface area contributed by atoms with E-state index in [0.29, 0.717) is 25.9 Å². The van der Waals surface area contributed by atoms with Crippen molar-refractivity contribution in [2.75, 3.05) is 13.1 Å². The number of carbonyl (C=O) groups is 1. The van der Waals surface area contributed by atoms with E-state index in [1.165, 1.54) is 17.0 Å². The van der Waals surface area contributed by atoms with Crippen LogP contribution in [0.5, 0.6) is 11.5 Å². The zero-order valence-corrected chi connectivity index (χ0v) is 17.2. The van der Waals surface area contributed by atoms with Crippen LogP contribution in [-0.2, 0) is 12.6 Å². The third kappa shape index (κ3) is 3.19. The molecule has 0 N–H and O–H groups in total. The minimum Gasteiger partial charge on any atom is -0.482 e. The number of alkyl halides is 2. The molecule has 1 fully saturated rings. The van der Waals surface area contributed by atoms with Gasteiger partial charge in [-0.1, -0.05) is 18.2 Å². The van der Waals surface area contributed by atoms with Gasteiger partial charge in [0, 0.05) is 44.1 Å². The second-order valence-electron chi connectivity index (χ2n) is 7.91. The maximum absolute atomic E-state index is 14.1. The lowest BCUT2D eigenvalue weighted by atomic mass is 9.81. The summed E-state index contributed by atoms with van der Waals surface area (Å²) in [5, 5.41) is 4.42. The molecule has 1 spiro atoms. The summed E-state index contributed by atoms with van der Waals surface area (Å²) < 4.78 is 52.1. The maximum atomic E-state index is 14.1. The van der Waals surface area contributed by atoms with E-state index in [2.05, 4.69) is 9.84 Å². The first kappa shape index (κ1) is 20.4. The first-order chi connectivity index (χ1) is 15.4. The van der Waals surface area contributed by atoms with Crippen LogP contribution in [0, 0.1) is 5.82 Å². The molecule has 1 amide bonds. The zero-order chi connectivity index (χ0) is 22.5. The number of aryl methyl sites for hydroxylation is 1. The van der Waals surface area contributed by atoms with Crippen molar-refractivity contribution < 1.29 is 27.4 Å². The molecule has 166 valence electrons. The molecule has 9 heteroatoms. The van der Waals surface area contributed by atoms with Gasteiger partial charge in [0.05, 0.1) is 17.5 Å². The highest BCUT2D eigenvalue weighted by Crippen LogP contribution is 2.49. The fraction of sp³-hybridized carbons (Fsp3) is 0.304. The van der Waals surface area contributed by atoms with Crippen molar-refractivity contribution >= 4 is 5.91 Å². The summed E-state index contributed by atoms with van der Waals surface area (Å²) in [5.74, 6) is -1.54. The number of rotatable bonds is 3. The second-order valence-corrected chi connectivity index (χ2v) is 7.91. The Bertz CT molecular complexity index is 1190. The molecule has 0 radical (unpaired) electrons. The van der Waals surface area contributed by atoms with Gasteiger partial charge in [-0.3, -0.25) is 9.48 Å². The summed E-state index contributed by atoms with van der Waals surface area (Å²) in [5.41, 5.74) is 2.01. The zero-order valence-electron chi connectivity index (χ0n) is 17.2. The molecule has 0 saturated carbocycles. The lowest BCUT2D eigenvalue weighted by Crippen LogP contribution is -2.49. The van der Waals surface area contributed by atoms with Gasteiger partial charge in [0.25, 0.3) is 5.91 Å². The third-order valence-corrected chi connectivity index (χ3v) is 6.14. The van der Waals surface area contributed by atoms with Gasteiger partial charge < -0.3 is 14.4 Å². The van der Waals surface area contributed by atoms with E-state index < -0.39 is 29.7 Å². The first-order valence-corrected chi connectivity index (χ1v) is 10.2. The second kappa shape index (κ2) is 7.58. The van der Waals surface area contributed by atoms with E-state index in [0.717, 1.165) is 28.6 Å². The monoisotopic (exact) mass is 443 g/mol. The molecule has 0 atom stereocenters. The van der Waals surface area contributed by atoms with E-state index in [4.69, 9.17) is 4.74 Å². The summed E-state index contributed by atoms with van der Waals surface area (Å²) in [6, 6.07) is 11.3. The molecular weight excluding hydrogens is 423 g/mol. The van der Waals surface area contributed by atoms with E-state index in [-0.39, 0.29) is 5.56 Å². The van der Waals surface area contributed by atoms with Gasteiger partial charge in [-0.25, -0.2) is 4.39 Å². The number of aromatic nitrogens is 2. The summed E-state index contributed by atoms with van der Waals surface area (Å²) >= 11 is 0. The Kier molecular flexibility index (Phi) is 4.83. The number of nitrogens with zero attached hydrogens (tertiary/aromatic N) is 3. The minimum atomic E-state index is -3.23. The van der Waals surface area contributed by atoms with E-state index >= 15 is 0 Å². The lowest BCUT2D eigenvalue weighted by Gasteiger charge is -2.44. The van der Waals surface area contributed by atoms with E-state index in [1.807, 2.05) is 36.0 Å². The topological polar surface area (TPSA) is 56.6 Å². The Labute approximate surface area is 182 Å². The standard InChI is InChI=1S/C23H20F3N3O3/c1-28-19-14-5-2-3-8-18(14)32-23(16(19)13-27-28)9-11-29(12-10-23)21(30)15-6-4-7-17(24)20(15)31-22(25)26/h2-8,13,22H,9-12H2,1H3. The average molecular weight is 443 g/mol. The van der Waals surface area contributed by atoms with Gasteiger partial charge in [-0.05, 0) is 24.3 Å². The molecular formula is C23H20F3N3O3. The van der Waals surface area contributed by atoms with Crippen molar-refractivity contribution in [2.45, 2.75) is 25.1 Å². The number of halogens is 3. The van der Waals surface area contributed by atoms with Crippen molar-refractivity contribution in [3.05, 3.63) is 65.6 Å². The predicted molar refractivity (Wildman–Crippen MR) is 109 cm³/mol. The van der Waals surface area contributed by atoms with Crippen LogP contribution in [0.25, 0.3) is 11.3 Å². The predicted octanol–water partition coefficient (Wildman–Crippen LogP) is 4.35. The number of hydrogen-bond donors (Lipinski definition) is 0. The summed E-state index contributed by atoms with van der Waals surface area (Å²) in [4.78, 5) is 14.6. The fourth-order valence-electron chi connectivity index (χ4n) is 4.61. The van der Waals surface area contributed by atoms with Crippen LogP contribution in [0.1, 0.15) is 28.8 Å². The van der Waals surface area contributed by atoms with E-state index in [9.17, 15) is 18.0 Å². The molecule has 0 bridgehead atoms. The average Bonchev–Trinajstić information content (AvgIpc) is 3.18. The smallest absolute Gasteiger partial charge is 0.387 e. The number of piperidine rings is 1. The van der Waals surface area contributed by atoms with Gasteiger partial charge in [0.2, 0.25) is 0 Å². The number of fused-ring (bicyclic) bond motifs is 4. The van der Waals surface area contributed by atoms with E-state index in [1.54, 1.807) is 6.20 Å². The molecule has 2 aliphatic rings. The quantitative estimate of drug-likeness (QED) is 0.604. The summed E-state index contributed by atoms with van der Waals surface area (Å²) in [6.07, 6.45) is 2.75. The highest BCUT2D eigenvalue weighted by Gasteiger charge is 2.46. The fourth-order valence-corrected chi connectivity index (χ4v) is 4.61. The number of ether oxygens (including phenoxy) is 2.